The number of pyridine rings is 1. The number of hydrogen-bond acceptors (Lipinski definition) is 5. The molecule has 2 heterocycles. The van der Waals surface area contributed by atoms with Crippen LogP contribution < -0.4 is 0 Å². The van der Waals surface area contributed by atoms with Crippen LogP contribution in [-0.4, -0.2) is 41.6 Å². The Labute approximate surface area is 164 Å². The molecular formula is C22H24N2O4. The molecule has 28 heavy (non-hydrogen) atoms. The molecule has 1 unspecified atom stereocenters. The predicted octanol–water partition coefficient (Wildman–Crippen LogP) is 3.90. The van der Waals surface area contributed by atoms with Gasteiger partial charge in [-0.2, -0.15) is 0 Å². The van der Waals surface area contributed by atoms with E-state index in [9.17, 15) is 9.59 Å². The summed E-state index contributed by atoms with van der Waals surface area (Å²) in [7, 11) is 1.65. The van der Waals surface area contributed by atoms with Gasteiger partial charge in [-0.1, -0.05) is 24.3 Å². The van der Waals surface area contributed by atoms with E-state index in [1.165, 1.54) is 0 Å². The fourth-order valence-electron chi connectivity index (χ4n) is 3.52. The second-order valence-corrected chi connectivity index (χ2v) is 6.85. The zero-order chi connectivity index (χ0) is 20.3. The standard InChI is InChI=1S/C22H24N2O4/c1-14-11-18(16(3)24(14)15(2)12-27-4)21(25)13-28-22(26)20-10-9-17-7-5-6-8-19(17)23-20/h5-11,15H,12-13H2,1-4H3. The monoisotopic (exact) mass is 380 g/mol. The van der Waals surface area contributed by atoms with E-state index >= 15 is 0 Å². The van der Waals surface area contributed by atoms with Gasteiger partial charge in [0.25, 0.3) is 0 Å². The van der Waals surface area contributed by atoms with Crippen LogP contribution in [0.2, 0.25) is 0 Å². The van der Waals surface area contributed by atoms with Crippen LogP contribution in [0.1, 0.15) is 45.2 Å². The molecular weight excluding hydrogens is 356 g/mol. The molecule has 2 aromatic heterocycles. The number of ketones is 1. The van der Waals surface area contributed by atoms with Gasteiger partial charge in [0.1, 0.15) is 5.69 Å². The van der Waals surface area contributed by atoms with Crippen LogP contribution in [0.3, 0.4) is 0 Å². The Kier molecular flexibility index (Phi) is 5.90. The number of carbonyl (C=O) groups is 2. The number of carbonyl (C=O) groups excluding carboxylic acids is 2. The Morgan fingerprint density at radius 1 is 1.14 bits per heavy atom. The zero-order valence-electron chi connectivity index (χ0n) is 16.6. The van der Waals surface area contributed by atoms with E-state index in [1.807, 2.05) is 57.2 Å². The van der Waals surface area contributed by atoms with E-state index < -0.39 is 5.97 Å². The van der Waals surface area contributed by atoms with E-state index in [2.05, 4.69) is 9.55 Å². The van der Waals surface area contributed by atoms with Gasteiger partial charge in [0.2, 0.25) is 5.78 Å². The second kappa shape index (κ2) is 8.35. The Morgan fingerprint density at radius 3 is 2.64 bits per heavy atom. The van der Waals surface area contributed by atoms with Crippen molar-refractivity contribution in [3.63, 3.8) is 0 Å². The van der Waals surface area contributed by atoms with Crippen LogP contribution in [0.25, 0.3) is 10.9 Å². The van der Waals surface area contributed by atoms with Crippen LogP contribution >= 0.6 is 0 Å². The van der Waals surface area contributed by atoms with Gasteiger partial charge in [-0.25, -0.2) is 9.78 Å². The van der Waals surface area contributed by atoms with Crippen LogP contribution in [0.5, 0.6) is 0 Å². The van der Waals surface area contributed by atoms with E-state index in [4.69, 9.17) is 9.47 Å². The largest absolute Gasteiger partial charge is 0.453 e. The first-order valence-corrected chi connectivity index (χ1v) is 9.16. The van der Waals surface area contributed by atoms with E-state index in [0.717, 1.165) is 16.8 Å². The molecule has 6 nitrogen and oxygen atoms in total. The lowest BCUT2D eigenvalue weighted by Crippen LogP contribution is -2.17. The van der Waals surface area contributed by atoms with Gasteiger partial charge < -0.3 is 14.0 Å². The maximum Gasteiger partial charge on any atom is 0.357 e. The third-order valence-electron chi connectivity index (χ3n) is 4.78. The summed E-state index contributed by atoms with van der Waals surface area (Å²) in [5.41, 5.74) is 3.25. The van der Waals surface area contributed by atoms with Gasteiger partial charge in [0.15, 0.2) is 6.61 Å². The summed E-state index contributed by atoms with van der Waals surface area (Å²) in [6.45, 7) is 6.09. The molecule has 1 aromatic carbocycles. The molecule has 1 atom stereocenters. The number of benzene rings is 1. The lowest BCUT2D eigenvalue weighted by atomic mass is 10.1. The fourth-order valence-corrected chi connectivity index (χ4v) is 3.52. The summed E-state index contributed by atoms with van der Waals surface area (Å²) in [4.78, 5) is 29.2. The Hall–Kier alpha value is -2.99. The van der Waals surface area contributed by atoms with Crippen LogP contribution in [0.4, 0.5) is 0 Å². The molecule has 0 N–H and O–H groups in total. The molecule has 3 aromatic rings. The lowest BCUT2D eigenvalue weighted by molar-refractivity contribution is 0.0469. The van der Waals surface area contributed by atoms with Crippen molar-refractivity contribution < 1.29 is 19.1 Å². The summed E-state index contributed by atoms with van der Waals surface area (Å²) in [5, 5.41) is 0.938. The average Bonchev–Trinajstić information content (AvgIpc) is 2.99. The first kappa shape index (κ1) is 19.8. The minimum Gasteiger partial charge on any atom is -0.453 e. The van der Waals surface area contributed by atoms with Gasteiger partial charge in [0.05, 0.1) is 18.2 Å². The number of fused-ring (bicyclic) bond motifs is 1. The summed E-state index contributed by atoms with van der Waals surface area (Å²) < 4.78 is 12.5. The number of para-hydroxylation sites is 1. The third-order valence-corrected chi connectivity index (χ3v) is 4.78. The predicted molar refractivity (Wildman–Crippen MR) is 107 cm³/mol. The minimum absolute atomic E-state index is 0.107. The second-order valence-electron chi connectivity index (χ2n) is 6.85. The first-order valence-electron chi connectivity index (χ1n) is 9.16. The fraction of sp³-hybridized carbons (Fsp3) is 0.318. The highest BCUT2D eigenvalue weighted by Crippen LogP contribution is 2.21. The third kappa shape index (κ3) is 3.97. The maximum atomic E-state index is 12.6. The van der Waals surface area contributed by atoms with E-state index in [-0.39, 0.29) is 24.1 Å². The number of rotatable bonds is 7. The van der Waals surface area contributed by atoms with Crippen molar-refractivity contribution in [1.82, 2.24) is 9.55 Å². The van der Waals surface area contributed by atoms with Crippen molar-refractivity contribution in [3.05, 3.63) is 65.1 Å². The van der Waals surface area contributed by atoms with Crippen LogP contribution in [0.15, 0.2) is 42.5 Å². The smallest absolute Gasteiger partial charge is 0.357 e. The van der Waals surface area contributed by atoms with Crippen molar-refractivity contribution in [3.8, 4) is 0 Å². The summed E-state index contributed by atoms with van der Waals surface area (Å²) in [6.07, 6.45) is 0. The molecule has 0 aliphatic carbocycles. The molecule has 6 heteroatoms. The number of ether oxygens (including phenoxy) is 2. The first-order chi connectivity index (χ1) is 13.4. The summed E-state index contributed by atoms with van der Waals surface area (Å²) in [6, 6.07) is 12.9. The number of aromatic nitrogens is 2. The summed E-state index contributed by atoms with van der Waals surface area (Å²) in [5.74, 6) is -0.848. The van der Waals surface area contributed by atoms with Crippen molar-refractivity contribution in [2.75, 3.05) is 20.3 Å². The van der Waals surface area contributed by atoms with Gasteiger partial charge in [-0.3, -0.25) is 4.79 Å². The number of aryl methyl sites for hydroxylation is 1. The quantitative estimate of drug-likeness (QED) is 0.459. The number of nitrogens with zero attached hydrogens (tertiary/aromatic N) is 2. The summed E-state index contributed by atoms with van der Waals surface area (Å²) >= 11 is 0. The van der Waals surface area contributed by atoms with E-state index in [0.29, 0.717) is 17.7 Å². The van der Waals surface area contributed by atoms with Gasteiger partial charge in [0, 0.05) is 29.4 Å². The Morgan fingerprint density at radius 2 is 1.89 bits per heavy atom. The molecule has 0 radical (unpaired) electrons. The number of esters is 1. The molecule has 0 spiro atoms. The van der Waals surface area contributed by atoms with E-state index in [1.54, 1.807) is 13.2 Å². The highest BCUT2D eigenvalue weighted by atomic mass is 16.5. The molecule has 0 fully saturated rings. The number of Topliss-reactive ketones (excluding diaryl/α,β-unsaturated/α-hetero) is 1. The van der Waals surface area contributed by atoms with Gasteiger partial charge >= 0.3 is 5.97 Å². The lowest BCUT2D eigenvalue weighted by Gasteiger charge is -2.17. The SMILES string of the molecule is COCC(C)n1c(C)cc(C(=O)COC(=O)c2ccc3ccccc3n2)c1C. The van der Waals surface area contributed by atoms with Crippen LogP contribution in [0, 0.1) is 13.8 Å². The number of hydrogen-bond donors (Lipinski definition) is 0. The molecule has 0 saturated heterocycles. The average molecular weight is 380 g/mol. The molecule has 0 bridgehead atoms. The van der Waals surface area contributed by atoms with Crippen LogP contribution in [-0.2, 0) is 9.47 Å². The molecule has 0 saturated carbocycles. The Balaban J connectivity index is 1.71. The maximum absolute atomic E-state index is 12.6. The molecule has 0 amide bonds. The molecule has 0 aliphatic rings. The number of methoxy groups -OCH3 is 1. The molecule has 146 valence electrons. The minimum atomic E-state index is -0.610. The normalized spacial score (nSPS) is 12.1. The van der Waals surface area contributed by atoms with Gasteiger partial charge in [-0.05, 0) is 39.0 Å². The van der Waals surface area contributed by atoms with Crippen molar-refractivity contribution in [2.24, 2.45) is 0 Å². The zero-order valence-corrected chi connectivity index (χ0v) is 16.6. The van der Waals surface area contributed by atoms with Crippen molar-refractivity contribution in [1.29, 1.82) is 0 Å². The Bertz CT molecular complexity index is 1020. The highest BCUT2D eigenvalue weighted by molar-refractivity contribution is 6.00. The molecule has 0 aliphatic heterocycles. The topological polar surface area (TPSA) is 70.4 Å². The van der Waals surface area contributed by atoms with Crippen molar-refractivity contribution >= 4 is 22.7 Å². The van der Waals surface area contributed by atoms with Gasteiger partial charge in [-0.15, -0.1) is 0 Å². The highest BCUT2D eigenvalue weighted by Gasteiger charge is 2.20. The van der Waals surface area contributed by atoms with Crippen molar-refractivity contribution in [2.45, 2.75) is 26.8 Å². The molecule has 3 rings (SSSR count).